The fourth-order valence-corrected chi connectivity index (χ4v) is 2.23. The van der Waals surface area contributed by atoms with Gasteiger partial charge in [-0.05, 0) is 24.3 Å². The number of hydrogen-bond acceptors (Lipinski definition) is 10. The summed E-state index contributed by atoms with van der Waals surface area (Å²) in [6.07, 6.45) is 0. The number of esters is 1. The first kappa shape index (κ1) is 19.2. The predicted octanol–water partition coefficient (Wildman–Crippen LogP) is 2.27. The lowest BCUT2D eigenvalue weighted by molar-refractivity contribution is -0.384. The third-order valence-corrected chi connectivity index (χ3v) is 3.73. The summed E-state index contributed by atoms with van der Waals surface area (Å²) in [6, 6.07) is 8.82. The van der Waals surface area contributed by atoms with Gasteiger partial charge in [0.25, 0.3) is 11.6 Å². The van der Waals surface area contributed by atoms with E-state index in [-0.39, 0.29) is 35.8 Å². The van der Waals surface area contributed by atoms with Crippen LogP contribution in [0.25, 0.3) is 11.5 Å². The second kappa shape index (κ2) is 8.39. The van der Waals surface area contributed by atoms with Crippen molar-refractivity contribution in [2.24, 2.45) is 0 Å². The first-order chi connectivity index (χ1) is 13.4. The minimum absolute atomic E-state index is 0.0492. The Morgan fingerprint density at radius 2 is 1.93 bits per heavy atom. The first-order valence-corrected chi connectivity index (χ1v) is 8.23. The van der Waals surface area contributed by atoms with E-state index < -0.39 is 10.9 Å². The third kappa shape index (κ3) is 4.76. The molecule has 11 nitrogen and oxygen atoms in total. The van der Waals surface area contributed by atoms with Crippen molar-refractivity contribution in [3.05, 3.63) is 57.6 Å². The van der Waals surface area contributed by atoms with Crippen molar-refractivity contribution in [3.63, 3.8) is 0 Å². The van der Waals surface area contributed by atoms with Gasteiger partial charge in [0, 0.05) is 24.7 Å². The highest BCUT2D eigenvalue weighted by Crippen LogP contribution is 2.21. The number of nitro groups is 1. The normalized spacial score (nSPS) is 10.5. The van der Waals surface area contributed by atoms with Crippen LogP contribution in [0.3, 0.4) is 0 Å². The SMILES string of the molecule is CN(CC(=O)OCc1nnc(-c2ccc([N+](=O)[O-])cc2)o1)c1ccc(Cl)nn1. The Morgan fingerprint density at radius 1 is 1.18 bits per heavy atom. The van der Waals surface area contributed by atoms with Crippen molar-refractivity contribution >= 4 is 29.1 Å². The number of non-ortho nitro benzene ring substituents is 1. The van der Waals surface area contributed by atoms with Crippen LogP contribution in [0.2, 0.25) is 5.15 Å². The van der Waals surface area contributed by atoms with Crippen LogP contribution in [0, 0.1) is 10.1 Å². The van der Waals surface area contributed by atoms with Crippen LogP contribution in [0.15, 0.2) is 40.8 Å². The summed E-state index contributed by atoms with van der Waals surface area (Å²) >= 11 is 5.67. The minimum Gasteiger partial charge on any atom is -0.454 e. The summed E-state index contributed by atoms with van der Waals surface area (Å²) in [5, 5.41) is 26.1. The third-order valence-electron chi connectivity index (χ3n) is 3.52. The van der Waals surface area contributed by atoms with E-state index in [1.807, 2.05) is 0 Å². The largest absolute Gasteiger partial charge is 0.454 e. The lowest BCUT2D eigenvalue weighted by atomic mass is 10.2. The van der Waals surface area contributed by atoms with Gasteiger partial charge in [-0.15, -0.1) is 20.4 Å². The monoisotopic (exact) mass is 404 g/mol. The molecule has 0 N–H and O–H groups in total. The van der Waals surface area contributed by atoms with E-state index in [0.29, 0.717) is 11.4 Å². The summed E-state index contributed by atoms with van der Waals surface area (Å²) in [5.41, 5.74) is 0.462. The van der Waals surface area contributed by atoms with E-state index >= 15 is 0 Å². The number of carbonyl (C=O) groups excluding carboxylic acids is 1. The Hall–Kier alpha value is -3.60. The maximum absolute atomic E-state index is 12.0. The highest BCUT2D eigenvalue weighted by Gasteiger charge is 2.14. The van der Waals surface area contributed by atoms with E-state index in [9.17, 15) is 14.9 Å². The molecule has 0 bridgehead atoms. The fraction of sp³-hybridized carbons (Fsp3) is 0.188. The molecule has 1 aromatic carbocycles. The highest BCUT2D eigenvalue weighted by molar-refractivity contribution is 6.29. The van der Waals surface area contributed by atoms with Gasteiger partial charge in [-0.3, -0.25) is 14.9 Å². The number of rotatable bonds is 7. The number of ether oxygens (including phenoxy) is 1. The minimum atomic E-state index is -0.533. The van der Waals surface area contributed by atoms with E-state index in [0.717, 1.165) is 0 Å². The fourth-order valence-electron chi connectivity index (χ4n) is 2.13. The second-order valence-electron chi connectivity index (χ2n) is 5.54. The van der Waals surface area contributed by atoms with Gasteiger partial charge in [-0.1, -0.05) is 11.6 Å². The average molecular weight is 405 g/mol. The summed E-state index contributed by atoms with van der Waals surface area (Å²) in [4.78, 5) is 23.7. The van der Waals surface area contributed by atoms with Gasteiger partial charge in [0.05, 0.1) is 4.92 Å². The van der Waals surface area contributed by atoms with Gasteiger partial charge >= 0.3 is 5.97 Å². The summed E-state index contributed by atoms with van der Waals surface area (Å²) in [5.74, 6) is 0.180. The zero-order chi connectivity index (χ0) is 20.1. The molecule has 28 heavy (non-hydrogen) atoms. The van der Waals surface area contributed by atoms with Gasteiger partial charge in [-0.25, -0.2) is 0 Å². The molecule has 3 aromatic rings. The molecule has 0 amide bonds. The quantitative estimate of drug-likeness (QED) is 0.327. The number of benzene rings is 1. The van der Waals surface area contributed by atoms with Crippen LogP contribution in [-0.4, -0.2) is 44.9 Å². The number of nitro benzene ring substituents is 1. The van der Waals surface area contributed by atoms with Crippen LogP contribution in [0.1, 0.15) is 5.89 Å². The summed E-state index contributed by atoms with van der Waals surface area (Å²) in [6.45, 7) is -0.279. The van der Waals surface area contributed by atoms with Crippen molar-refractivity contribution in [3.8, 4) is 11.5 Å². The van der Waals surface area contributed by atoms with E-state index in [4.69, 9.17) is 20.8 Å². The number of anilines is 1. The molecular weight excluding hydrogens is 392 g/mol. The average Bonchev–Trinajstić information content (AvgIpc) is 3.16. The molecule has 2 aromatic heterocycles. The number of nitrogens with zero attached hydrogens (tertiary/aromatic N) is 6. The van der Waals surface area contributed by atoms with Crippen LogP contribution in [0.5, 0.6) is 0 Å². The van der Waals surface area contributed by atoms with E-state index in [1.54, 1.807) is 24.1 Å². The standard InChI is InChI=1S/C16H13ClN6O5/c1-22(13-7-6-12(17)18-19-13)8-15(24)27-9-14-20-21-16(28-14)10-2-4-11(5-3-10)23(25)26/h2-7H,8-9H2,1H3. The highest BCUT2D eigenvalue weighted by atomic mass is 35.5. The molecule has 2 heterocycles. The van der Waals surface area contributed by atoms with Gasteiger partial charge in [0.1, 0.15) is 6.54 Å². The maximum Gasteiger partial charge on any atom is 0.326 e. The first-order valence-electron chi connectivity index (χ1n) is 7.85. The van der Waals surface area contributed by atoms with Crippen LogP contribution in [0.4, 0.5) is 11.5 Å². The molecule has 0 saturated heterocycles. The molecular formula is C16H13ClN6O5. The number of aromatic nitrogens is 4. The van der Waals surface area contributed by atoms with Crippen LogP contribution < -0.4 is 4.90 Å². The number of hydrogen-bond donors (Lipinski definition) is 0. The van der Waals surface area contributed by atoms with E-state index in [2.05, 4.69) is 20.4 Å². The zero-order valence-corrected chi connectivity index (χ0v) is 15.2. The van der Waals surface area contributed by atoms with Gasteiger partial charge in [0.15, 0.2) is 17.6 Å². The van der Waals surface area contributed by atoms with Gasteiger partial charge < -0.3 is 14.1 Å². The second-order valence-corrected chi connectivity index (χ2v) is 5.92. The van der Waals surface area contributed by atoms with Crippen molar-refractivity contribution < 1.29 is 18.9 Å². The van der Waals surface area contributed by atoms with Crippen molar-refractivity contribution in [2.75, 3.05) is 18.5 Å². The molecule has 0 atom stereocenters. The Labute approximate surface area is 163 Å². The Balaban J connectivity index is 1.54. The molecule has 3 rings (SSSR count). The predicted molar refractivity (Wildman–Crippen MR) is 96.5 cm³/mol. The molecule has 144 valence electrons. The lowest BCUT2D eigenvalue weighted by Crippen LogP contribution is -2.27. The van der Waals surface area contributed by atoms with Gasteiger partial charge in [-0.2, -0.15) is 0 Å². The number of carbonyl (C=O) groups is 1. The summed E-state index contributed by atoms with van der Waals surface area (Å²) < 4.78 is 10.5. The van der Waals surface area contributed by atoms with Crippen molar-refractivity contribution in [2.45, 2.75) is 6.61 Å². The molecule has 0 aliphatic carbocycles. The smallest absolute Gasteiger partial charge is 0.326 e. The number of halogens is 1. The van der Waals surface area contributed by atoms with Crippen molar-refractivity contribution in [1.29, 1.82) is 0 Å². The van der Waals surface area contributed by atoms with Crippen LogP contribution >= 0.6 is 11.6 Å². The topological polar surface area (TPSA) is 137 Å². The number of likely N-dealkylation sites (N-methyl/N-ethyl adjacent to an activating group) is 1. The Morgan fingerprint density at radius 3 is 2.57 bits per heavy atom. The molecule has 0 unspecified atom stereocenters. The molecule has 0 spiro atoms. The van der Waals surface area contributed by atoms with Gasteiger partial charge in [0.2, 0.25) is 5.89 Å². The Kier molecular flexibility index (Phi) is 5.75. The lowest BCUT2D eigenvalue weighted by Gasteiger charge is -2.15. The molecule has 0 radical (unpaired) electrons. The van der Waals surface area contributed by atoms with Crippen LogP contribution in [-0.2, 0) is 16.1 Å². The molecule has 0 aliphatic heterocycles. The Bertz CT molecular complexity index is 976. The molecule has 0 saturated carbocycles. The maximum atomic E-state index is 12.0. The van der Waals surface area contributed by atoms with Crippen molar-refractivity contribution in [1.82, 2.24) is 20.4 Å². The molecule has 12 heteroatoms. The molecule has 0 fully saturated rings. The molecule has 0 aliphatic rings. The summed E-state index contributed by atoms with van der Waals surface area (Å²) in [7, 11) is 1.65. The zero-order valence-electron chi connectivity index (χ0n) is 14.5. The van der Waals surface area contributed by atoms with E-state index in [1.165, 1.54) is 24.3 Å².